The van der Waals surface area contributed by atoms with Gasteiger partial charge < -0.3 is 18.6 Å². The topological polar surface area (TPSA) is 129 Å². The van der Waals surface area contributed by atoms with Crippen molar-refractivity contribution in [1.29, 1.82) is 10.5 Å². The molecule has 146 valence electrons. The number of rotatable bonds is 12. The third-order valence-electron chi connectivity index (χ3n) is 3.79. The van der Waals surface area contributed by atoms with Crippen molar-refractivity contribution in [2.75, 3.05) is 27.9 Å². The first-order chi connectivity index (χ1) is 12.1. The van der Waals surface area contributed by atoms with E-state index in [0.29, 0.717) is 19.0 Å². The second kappa shape index (κ2) is 11.0. The van der Waals surface area contributed by atoms with Crippen LogP contribution in [0.15, 0.2) is 10.2 Å². The maximum absolute atomic E-state index is 12.0. The zero-order valence-corrected chi connectivity index (χ0v) is 17.5. The Hall–Kier alpha value is -1.85. The second-order valence-electron chi connectivity index (χ2n) is 6.51. The highest BCUT2D eigenvalue weighted by atomic mass is 28.4. The molecule has 0 saturated carbocycles. The van der Waals surface area contributed by atoms with Gasteiger partial charge in [-0.2, -0.15) is 20.8 Å². The lowest BCUT2D eigenvalue weighted by Gasteiger charge is -2.24. The summed E-state index contributed by atoms with van der Waals surface area (Å²) >= 11 is 0. The molecular weight excluding hydrogens is 354 g/mol. The average Bonchev–Trinajstić information content (AvgIpc) is 2.65. The van der Waals surface area contributed by atoms with Gasteiger partial charge in [-0.25, -0.2) is 0 Å². The normalized spacial score (nSPS) is 14.5. The summed E-state index contributed by atoms with van der Waals surface area (Å²) in [4.78, 5) is 12.0. The Bertz CT molecular complexity index is 558. The van der Waals surface area contributed by atoms with E-state index in [9.17, 15) is 10.1 Å². The molecule has 0 aromatic heterocycles. The standard InChI is InChI=1S/C16H29N5O4Si/c1-15(2,12-17)20-21-16(3,13-18)9-8-14(22)19-10-7-11-26(23-4,24-5)25-6/h7-11H2,1-6H3,(H,19,22). The molecule has 1 atom stereocenters. The van der Waals surface area contributed by atoms with Gasteiger partial charge in [0, 0.05) is 40.3 Å². The number of carbonyl (C=O) groups is 1. The zero-order chi connectivity index (χ0) is 20.3. The molecule has 1 amide bonds. The van der Waals surface area contributed by atoms with E-state index in [1.54, 1.807) is 42.1 Å². The third kappa shape index (κ3) is 8.49. The number of nitrogens with one attached hydrogen (secondary N) is 1. The van der Waals surface area contributed by atoms with Gasteiger partial charge in [0.2, 0.25) is 5.91 Å². The van der Waals surface area contributed by atoms with Gasteiger partial charge in [0.1, 0.15) is 0 Å². The van der Waals surface area contributed by atoms with E-state index in [-0.39, 0.29) is 18.7 Å². The van der Waals surface area contributed by atoms with Crippen LogP contribution in [0.2, 0.25) is 6.04 Å². The number of nitrogens with zero attached hydrogens (tertiary/aromatic N) is 4. The summed E-state index contributed by atoms with van der Waals surface area (Å²) in [5, 5.41) is 28.9. The molecule has 0 aliphatic rings. The smallest absolute Gasteiger partial charge is 0.377 e. The van der Waals surface area contributed by atoms with Gasteiger partial charge in [-0.15, -0.1) is 0 Å². The first-order valence-corrected chi connectivity index (χ1v) is 10.2. The number of nitriles is 2. The Morgan fingerprint density at radius 3 is 2.12 bits per heavy atom. The summed E-state index contributed by atoms with van der Waals surface area (Å²) in [6.45, 7) is 5.25. The van der Waals surface area contributed by atoms with Crippen molar-refractivity contribution in [3.05, 3.63) is 0 Å². The van der Waals surface area contributed by atoms with Crippen molar-refractivity contribution in [1.82, 2.24) is 5.32 Å². The molecule has 0 aromatic rings. The van der Waals surface area contributed by atoms with Gasteiger partial charge in [0.25, 0.3) is 0 Å². The minimum atomic E-state index is -2.62. The molecule has 0 radical (unpaired) electrons. The van der Waals surface area contributed by atoms with E-state index in [2.05, 4.69) is 15.5 Å². The SMILES string of the molecule is CO[Si](CCCNC(=O)CCC(C)(C#N)N=NC(C)(C)C#N)(OC)OC. The minimum absolute atomic E-state index is 0.136. The summed E-state index contributed by atoms with van der Waals surface area (Å²) in [6, 6.07) is 4.62. The van der Waals surface area contributed by atoms with Crippen molar-refractivity contribution in [2.24, 2.45) is 10.2 Å². The predicted octanol–water partition coefficient (Wildman–Crippen LogP) is 2.19. The van der Waals surface area contributed by atoms with Gasteiger partial charge >= 0.3 is 8.80 Å². The van der Waals surface area contributed by atoms with E-state index in [4.69, 9.17) is 18.5 Å². The lowest BCUT2D eigenvalue weighted by molar-refractivity contribution is -0.121. The van der Waals surface area contributed by atoms with Crippen molar-refractivity contribution in [3.8, 4) is 12.1 Å². The Kier molecular flexibility index (Phi) is 10.2. The maximum atomic E-state index is 12.0. The lowest BCUT2D eigenvalue weighted by atomic mass is 9.98. The molecule has 0 spiro atoms. The van der Waals surface area contributed by atoms with Gasteiger partial charge in [-0.05, 0) is 33.6 Å². The molecule has 0 rings (SSSR count). The number of hydrogen-bond donors (Lipinski definition) is 1. The Morgan fingerprint density at radius 2 is 1.65 bits per heavy atom. The van der Waals surface area contributed by atoms with Crippen molar-refractivity contribution in [3.63, 3.8) is 0 Å². The van der Waals surface area contributed by atoms with E-state index >= 15 is 0 Å². The molecule has 9 nitrogen and oxygen atoms in total. The molecule has 1 N–H and O–H groups in total. The third-order valence-corrected chi connectivity index (χ3v) is 6.62. The average molecular weight is 384 g/mol. The van der Waals surface area contributed by atoms with Crippen LogP contribution in [0.3, 0.4) is 0 Å². The fourth-order valence-electron chi connectivity index (χ4n) is 1.92. The van der Waals surface area contributed by atoms with Gasteiger partial charge in [-0.3, -0.25) is 4.79 Å². The first-order valence-electron chi connectivity index (χ1n) is 8.30. The summed E-state index contributed by atoms with van der Waals surface area (Å²) in [7, 11) is 2.01. The van der Waals surface area contributed by atoms with Crippen molar-refractivity contribution < 1.29 is 18.1 Å². The number of azo groups is 1. The van der Waals surface area contributed by atoms with E-state index < -0.39 is 19.9 Å². The van der Waals surface area contributed by atoms with E-state index in [0.717, 1.165) is 0 Å². The van der Waals surface area contributed by atoms with Gasteiger partial charge in [0.05, 0.1) is 12.1 Å². The van der Waals surface area contributed by atoms with Crippen LogP contribution in [0, 0.1) is 22.7 Å². The van der Waals surface area contributed by atoms with E-state index in [1.807, 2.05) is 12.1 Å². The lowest BCUT2D eigenvalue weighted by Crippen LogP contribution is -2.43. The molecule has 0 heterocycles. The molecule has 10 heteroatoms. The van der Waals surface area contributed by atoms with Crippen LogP contribution in [0.5, 0.6) is 0 Å². The number of carbonyl (C=O) groups excluding carboxylic acids is 1. The largest absolute Gasteiger partial charge is 0.500 e. The predicted molar refractivity (Wildman–Crippen MR) is 97.0 cm³/mol. The molecule has 0 saturated heterocycles. The minimum Gasteiger partial charge on any atom is -0.377 e. The summed E-state index contributed by atoms with van der Waals surface area (Å²) < 4.78 is 15.9. The number of hydrogen-bond acceptors (Lipinski definition) is 8. The molecule has 0 aliphatic carbocycles. The molecule has 26 heavy (non-hydrogen) atoms. The summed E-state index contributed by atoms with van der Waals surface area (Å²) in [6.07, 6.45) is 1.00. The van der Waals surface area contributed by atoms with Crippen LogP contribution in [0.4, 0.5) is 0 Å². The van der Waals surface area contributed by atoms with Gasteiger partial charge in [-0.1, -0.05) is 0 Å². The Balaban J connectivity index is 4.40. The number of amides is 1. The summed E-state index contributed by atoms with van der Waals surface area (Å²) in [5.74, 6) is -0.180. The zero-order valence-electron chi connectivity index (χ0n) is 16.5. The first kappa shape index (κ1) is 24.1. The fraction of sp³-hybridized carbons (Fsp3) is 0.812. The van der Waals surface area contributed by atoms with Gasteiger partial charge in [0.15, 0.2) is 11.1 Å². The monoisotopic (exact) mass is 383 g/mol. The highest BCUT2D eigenvalue weighted by Gasteiger charge is 2.36. The molecular formula is C16H29N5O4Si. The van der Waals surface area contributed by atoms with Crippen molar-refractivity contribution in [2.45, 2.75) is 57.2 Å². The highest BCUT2D eigenvalue weighted by Crippen LogP contribution is 2.20. The highest BCUT2D eigenvalue weighted by molar-refractivity contribution is 6.60. The van der Waals surface area contributed by atoms with Crippen LogP contribution in [0.1, 0.15) is 40.0 Å². The van der Waals surface area contributed by atoms with Crippen LogP contribution in [-0.4, -0.2) is 53.7 Å². The second-order valence-corrected chi connectivity index (χ2v) is 9.60. The fourth-order valence-corrected chi connectivity index (χ4v) is 3.64. The van der Waals surface area contributed by atoms with Crippen LogP contribution >= 0.6 is 0 Å². The Morgan fingerprint density at radius 1 is 1.08 bits per heavy atom. The molecule has 0 aromatic carbocycles. The van der Waals surface area contributed by atoms with E-state index in [1.165, 1.54) is 0 Å². The molecule has 1 unspecified atom stereocenters. The van der Waals surface area contributed by atoms with Crippen LogP contribution in [-0.2, 0) is 18.1 Å². The molecule has 0 bridgehead atoms. The van der Waals surface area contributed by atoms with Crippen LogP contribution < -0.4 is 5.32 Å². The maximum Gasteiger partial charge on any atom is 0.500 e. The van der Waals surface area contributed by atoms with Crippen LogP contribution in [0.25, 0.3) is 0 Å². The quantitative estimate of drug-likeness (QED) is 0.312. The molecule has 0 fully saturated rings. The van der Waals surface area contributed by atoms with Crippen molar-refractivity contribution >= 4 is 14.7 Å². The molecule has 0 aliphatic heterocycles. The Labute approximate surface area is 156 Å². The summed E-state index contributed by atoms with van der Waals surface area (Å²) in [5.41, 5.74) is -2.14.